The highest BCUT2D eigenvalue weighted by Gasteiger charge is 2.30. The molecule has 0 aliphatic heterocycles. The minimum absolute atomic E-state index is 0.0984. The van der Waals surface area contributed by atoms with Gasteiger partial charge < -0.3 is 15.7 Å². The molecule has 1 aromatic carbocycles. The maximum Gasteiger partial charge on any atom is 0.319 e. The summed E-state index contributed by atoms with van der Waals surface area (Å²) in [5, 5.41) is 14.8. The molecule has 5 nitrogen and oxygen atoms in total. The molecule has 7 heteroatoms. The van der Waals surface area contributed by atoms with Crippen LogP contribution in [0.25, 0.3) is 0 Å². The monoisotopic (exact) mass is 408 g/mol. The highest BCUT2D eigenvalue weighted by atomic mass is 127. The Balaban J connectivity index is 1.88. The van der Waals surface area contributed by atoms with Crippen LogP contribution >= 0.6 is 34.2 Å². The van der Waals surface area contributed by atoms with Gasteiger partial charge in [-0.25, -0.2) is 4.79 Å². The molecule has 0 bridgehead atoms. The highest BCUT2D eigenvalue weighted by molar-refractivity contribution is 14.1. The Labute approximate surface area is 135 Å². The third-order valence-electron chi connectivity index (χ3n) is 3.30. The third-order valence-corrected chi connectivity index (χ3v) is 4.28. The number of rotatable bonds is 3. The van der Waals surface area contributed by atoms with Crippen molar-refractivity contribution in [2.24, 2.45) is 5.92 Å². The van der Waals surface area contributed by atoms with Crippen LogP contribution in [0.4, 0.5) is 10.5 Å². The number of hydrogen-bond acceptors (Lipinski definition) is 2. The van der Waals surface area contributed by atoms with Crippen molar-refractivity contribution in [1.82, 2.24) is 5.32 Å². The van der Waals surface area contributed by atoms with Gasteiger partial charge in [0, 0.05) is 9.61 Å². The van der Waals surface area contributed by atoms with E-state index < -0.39 is 5.97 Å². The molecule has 1 aliphatic carbocycles. The van der Waals surface area contributed by atoms with Gasteiger partial charge in [-0.2, -0.15) is 0 Å². The molecule has 108 valence electrons. The van der Waals surface area contributed by atoms with Crippen LogP contribution in [-0.2, 0) is 4.79 Å². The van der Waals surface area contributed by atoms with E-state index in [-0.39, 0.29) is 18.0 Å². The summed E-state index contributed by atoms with van der Waals surface area (Å²) in [5.41, 5.74) is 0.539. The van der Waals surface area contributed by atoms with Crippen LogP contribution in [0.2, 0.25) is 5.02 Å². The van der Waals surface area contributed by atoms with E-state index in [0.29, 0.717) is 30.0 Å². The lowest BCUT2D eigenvalue weighted by Crippen LogP contribution is -2.36. The van der Waals surface area contributed by atoms with Crippen molar-refractivity contribution in [1.29, 1.82) is 0 Å². The first-order valence-corrected chi connectivity index (χ1v) is 7.66. The first kappa shape index (κ1) is 15.4. The molecule has 0 radical (unpaired) electrons. The number of carbonyl (C=O) groups is 2. The van der Waals surface area contributed by atoms with E-state index in [9.17, 15) is 9.59 Å². The van der Waals surface area contributed by atoms with Crippen molar-refractivity contribution in [2.75, 3.05) is 5.32 Å². The van der Waals surface area contributed by atoms with Crippen LogP contribution < -0.4 is 10.6 Å². The van der Waals surface area contributed by atoms with E-state index in [1.165, 1.54) is 0 Å². The van der Waals surface area contributed by atoms with Crippen LogP contribution in [0.1, 0.15) is 19.3 Å². The van der Waals surface area contributed by atoms with E-state index >= 15 is 0 Å². The van der Waals surface area contributed by atoms with Gasteiger partial charge in [0.25, 0.3) is 0 Å². The molecule has 2 atom stereocenters. The second kappa shape index (κ2) is 6.62. The minimum atomic E-state index is -0.796. The second-order valence-electron chi connectivity index (χ2n) is 4.77. The number of hydrogen-bond donors (Lipinski definition) is 3. The zero-order valence-electron chi connectivity index (χ0n) is 10.5. The molecule has 3 N–H and O–H groups in total. The molecule has 0 spiro atoms. The average Bonchev–Trinajstić information content (AvgIpc) is 2.81. The molecule has 20 heavy (non-hydrogen) atoms. The largest absolute Gasteiger partial charge is 0.481 e. The van der Waals surface area contributed by atoms with Gasteiger partial charge in [-0.15, -0.1) is 0 Å². The van der Waals surface area contributed by atoms with Gasteiger partial charge in [0.1, 0.15) is 0 Å². The summed E-state index contributed by atoms with van der Waals surface area (Å²) in [6.07, 6.45) is 1.76. The summed E-state index contributed by atoms with van der Waals surface area (Å²) in [7, 11) is 0. The molecule has 1 saturated carbocycles. The SMILES string of the molecule is O=C(Nc1ccc(I)cc1Cl)N[C@H]1CC[C@@H](C(=O)O)C1. The molecule has 1 aliphatic rings. The lowest BCUT2D eigenvalue weighted by atomic mass is 10.1. The number of carboxylic acids is 1. The summed E-state index contributed by atoms with van der Waals surface area (Å²) in [6, 6.07) is 4.88. The molecular formula is C13H14ClIN2O3. The average molecular weight is 409 g/mol. The number of anilines is 1. The van der Waals surface area contributed by atoms with E-state index in [1.54, 1.807) is 12.1 Å². The van der Waals surface area contributed by atoms with Crippen molar-refractivity contribution in [3.8, 4) is 0 Å². The van der Waals surface area contributed by atoms with E-state index in [1.807, 2.05) is 6.07 Å². The fourth-order valence-corrected chi connectivity index (χ4v) is 3.17. The van der Waals surface area contributed by atoms with Gasteiger partial charge in [0.05, 0.1) is 16.6 Å². The van der Waals surface area contributed by atoms with E-state index in [0.717, 1.165) is 3.57 Å². The maximum atomic E-state index is 11.9. The Bertz CT molecular complexity index is 538. The Morgan fingerprint density at radius 1 is 1.35 bits per heavy atom. The van der Waals surface area contributed by atoms with Gasteiger partial charge in [-0.3, -0.25) is 4.79 Å². The lowest BCUT2D eigenvalue weighted by molar-refractivity contribution is -0.141. The van der Waals surface area contributed by atoms with E-state index in [2.05, 4.69) is 33.2 Å². The summed E-state index contributed by atoms with van der Waals surface area (Å²) >= 11 is 8.17. The predicted molar refractivity (Wildman–Crippen MR) is 85.1 cm³/mol. The first-order valence-electron chi connectivity index (χ1n) is 6.21. The van der Waals surface area contributed by atoms with Crippen LogP contribution in [0.5, 0.6) is 0 Å². The number of benzene rings is 1. The number of nitrogens with one attached hydrogen (secondary N) is 2. The molecule has 0 saturated heterocycles. The second-order valence-corrected chi connectivity index (χ2v) is 6.42. The number of carboxylic acid groups (broad SMARTS) is 1. The molecule has 1 aromatic rings. The number of aliphatic carboxylic acids is 1. The molecule has 1 fully saturated rings. The molecular weight excluding hydrogens is 395 g/mol. The number of urea groups is 1. The van der Waals surface area contributed by atoms with Crippen LogP contribution in [0.3, 0.4) is 0 Å². The predicted octanol–water partition coefficient (Wildman–Crippen LogP) is 3.32. The molecule has 0 aromatic heterocycles. The number of amides is 2. The molecule has 0 heterocycles. The Hall–Kier alpha value is -1.02. The first-order chi connectivity index (χ1) is 9.45. The van der Waals surface area contributed by atoms with Crippen LogP contribution in [0.15, 0.2) is 18.2 Å². The standard InChI is InChI=1S/C13H14ClIN2O3/c14-10-6-8(15)2-4-11(10)17-13(20)16-9-3-1-7(5-9)12(18)19/h2,4,6-7,9H,1,3,5H2,(H,18,19)(H2,16,17,20)/t7-,9+/m1/s1. The number of halogens is 2. The normalized spacial score (nSPS) is 21.5. The van der Waals surface area contributed by atoms with Crippen molar-refractivity contribution in [2.45, 2.75) is 25.3 Å². The summed E-state index contributed by atoms with van der Waals surface area (Å²) in [5.74, 6) is -1.16. The number of carbonyl (C=O) groups excluding carboxylic acids is 1. The van der Waals surface area contributed by atoms with Crippen molar-refractivity contribution < 1.29 is 14.7 Å². The smallest absolute Gasteiger partial charge is 0.319 e. The zero-order valence-corrected chi connectivity index (χ0v) is 13.4. The van der Waals surface area contributed by atoms with Gasteiger partial charge in [-0.1, -0.05) is 11.6 Å². The Morgan fingerprint density at radius 3 is 2.70 bits per heavy atom. The van der Waals surface area contributed by atoms with Gasteiger partial charge >= 0.3 is 12.0 Å². The quantitative estimate of drug-likeness (QED) is 0.672. The maximum absolute atomic E-state index is 11.9. The molecule has 2 amide bonds. The van der Waals surface area contributed by atoms with Crippen LogP contribution in [0, 0.1) is 9.49 Å². The Morgan fingerprint density at radius 2 is 2.10 bits per heavy atom. The van der Waals surface area contributed by atoms with Gasteiger partial charge in [-0.05, 0) is 60.1 Å². The third kappa shape index (κ3) is 3.99. The fourth-order valence-electron chi connectivity index (χ4n) is 2.27. The van der Waals surface area contributed by atoms with Crippen molar-refractivity contribution in [3.05, 3.63) is 26.8 Å². The van der Waals surface area contributed by atoms with Crippen LogP contribution in [-0.4, -0.2) is 23.1 Å². The van der Waals surface area contributed by atoms with Crippen molar-refractivity contribution in [3.63, 3.8) is 0 Å². The van der Waals surface area contributed by atoms with Gasteiger partial charge in [0.15, 0.2) is 0 Å². The fraction of sp³-hybridized carbons (Fsp3) is 0.385. The minimum Gasteiger partial charge on any atom is -0.481 e. The summed E-state index contributed by atoms with van der Waals surface area (Å²) < 4.78 is 0.985. The zero-order chi connectivity index (χ0) is 14.7. The molecule has 0 unspecified atom stereocenters. The van der Waals surface area contributed by atoms with E-state index in [4.69, 9.17) is 16.7 Å². The Kier molecular flexibility index (Phi) is 5.09. The molecule has 2 rings (SSSR count). The lowest BCUT2D eigenvalue weighted by Gasteiger charge is -2.14. The summed E-state index contributed by atoms with van der Waals surface area (Å²) in [4.78, 5) is 22.7. The van der Waals surface area contributed by atoms with Crippen molar-refractivity contribution >= 4 is 51.9 Å². The van der Waals surface area contributed by atoms with Gasteiger partial charge in [0.2, 0.25) is 0 Å². The topological polar surface area (TPSA) is 78.4 Å². The highest BCUT2D eigenvalue weighted by Crippen LogP contribution is 2.26. The summed E-state index contributed by atoms with van der Waals surface area (Å²) in [6.45, 7) is 0.